The van der Waals surface area contributed by atoms with Crippen LogP contribution in [0.3, 0.4) is 0 Å². The summed E-state index contributed by atoms with van der Waals surface area (Å²) in [5.74, 6) is 0.794. The number of hydrogen-bond acceptors (Lipinski definition) is 2. The topological polar surface area (TPSA) is 29.5 Å². The average molecular weight is 392 g/mol. The van der Waals surface area contributed by atoms with Gasteiger partial charge in [-0.25, -0.2) is 0 Å². The molecule has 148 valence electrons. The van der Waals surface area contributed by atoms with E-state index in [4.69, 9.17) is 4.74 Å². The molecule has 0 aliphatic carbocycles. The first kappa shape index (κ1) is 19.7. The Hall–Kier alpha value is -3.62. The van der Waals surface area contributed by atoms with E-state index >= 15 is 0 Å². The first-order valence-corrected chi connectivity index (χ1v) is 10.1. The van der Waals surface area contributed by atoms with Gasteiger partial charge >= 0.3 is 0 Å². The van der Waals surface area contributed by atoms with Crippen molar-refractivity contribution in [2.75, 3.05) is 13.2 Å². The number of benzene rings is 4. The molecule has 4 aromatic rings. The van der Waals surface area contributed by atoms with Crippen LogP contribution in [0.2, 0.25) is 0 Å². The molecule has 0 saturated carbocycles. The highest BCUT2D eigenvalue weighted by atomic mass is 16.5. The van der Waals surface area contributed by atoms with Crippen molar-refractivity contribution in [3.63, 3.8) is 0 Å². The molecule has 0 bridgehead atoms. The Labute approximate surface area is 177 Å². The van der Waals surface area contributed by atoms with Gasteiger partial charge in [0.2, 0.25) is 0 Å². The van der Waals surface area contributed by atoms with E-state index in [-0.39, 0.29) is 13.2 Å². The van der Waals surface area contributed by atoms with Gasteiger partial charge < -0.3 is 9.84 Å². The summed E-state index contributed by atoms with van der Waals surface area (Å²) in [4.78, 5) is 0. The maximum atomic E-state index is 9.36. The minimum Gasteiger partial charge on any atom is -0.490 e. The van der Waals surface area contributed by atoms with Gasteiger partial charge in [0, 0.05) is 10.9 Å². The predicted molar refractivity (Wildman–Crippen MR) is 127 cm³/mol. The molecule has 1 N–H and O–H groups in total. The smallest absolute Gasteiger partial charge is 0.135 e. The highest BCUT2D eigenvalue weighted by molar-refractivity contribution is 5.97. The standard InChI is InChI=1S/C28H24O2/c29-19-20-30-28-26-14-8-7-13-24(26)21-25(17-15-22-9-3-1-4-10-22)27(28)18-16-23-11-5-2-6-12-23/h1-18,21,29H,19-20H2. The summed E-state index contributed by atoms with van der Waals surface area (Å²) in [6, 6.07) is 30.8. The van der Waals surface area contributed by atoms with Gasteiger partial charge in [0.05, 0.1) is 6.61 Å². The summed E-state index contributed by atoms with van der Waals surface area (Å²) in [7, 11) is 0. The molecule has 30 heavy (non-hydrogen) atoms. The van der Waals surface area contributed by atoms with Crippen LogP contribution in [-0.2, 0) is 0 Å². The van der Waals surface area contributed by atoms with Gasteiger partial charge in [0.25, 0.3) is 0 Å². The summed E-state index contributed by atoms with van der Waals surface area (Å²) in [5, 5.41) is 11.5. The fourth-order valence-corrected chi connectivity index (χ4v) is 3.46. The molecule has 0 radical (unpaired) electrons. The van der Waals surface area contributed by atoms with Crippen LogP contribution in [0.15, 0.2) is 91.0 Å². The minimum absolute atomic E-state index is 0.0275. The van der Waals surface area contributed by atoms with Crippen molar-refractivity contribution < 1.29 is 9.84 Å². The molecule has 0 aromatic heterocycles. The number of fused-ring (bicyclic) bond motifs is 1. The molecule has 0 unspecified atom stereocenters. The molecule has 0 spiro atoms. The summed E-state index contributed by atoms with van der Waals surface area (Å²) < 4.78 is 6.05. The third-order valence-electron chi connectivity index (χ3n) is 4.91. The van der Waals surface area contributed by atoms with E-state index in [2.05, 4.69) is 66.8 Å². The van der Waals surface area contributed by atoms with Crippen LogP contribution in [0.25, 0.3) is 35.1 Å². The summed E-state index contributed by atoms with van der Waals surface area (Å²) in [6.07, 6.45) is 8.42. The Balaban J connectivity index is 1.86. The molecule has 4 rings (SSSR count). The molecular formula is C28H24O2. The van der Waals surface area contributed by atoms with Crippen molar-refractivity contribution in [3.05, 3.63) is 113 Å². The van der Waals surface area contributed by atoms with E-state index in [0.717, 1.165) is 38.8 Å². The van der Waals surface area contributed by atoms with Gasteiger partial charge in [-0.1, -0.05) is 109 Å². The number of hydrogen-bond donors (Lipinski definition) is 1. The van der Waals surface area contributed by atoms with Crippen LogP contribution in [0, 0.1) is 0 Å². The lowest BCUT2D eigenvalue weighted by atomic mass is 9.97. The van der Waals surface area contributed by atoms with Crippen LogP contribution < -0.4 is 4.74 Å². The van der Waals surface area contributed by atoms with E-state index in [9.17, 15) is 5.11 Å². The van der Waals surface area contributed by atoms with Gasteiger partial charge in [-0.05, 0) is 28.1 Å². The van der Waals surface area contributed by atoms with Crippen LogP contribution in [0.4, 0.5) is 0 Å². The molecule has 0 aliphatic heterocycles. The zero-order valence-electron chi connectivity index (χ0n) is 16.7. The third-order valence-corrected chi connectivity index (χ3v) is 4.91. The van der Waals surface area contributed by atoms with Gasteiger partial charge in [-0.2, -0.15) is 0 Å². The van der Waals surface area contributed by atoms with E-state index in [1.807, 2.05) is 48.5 Å². The number of aliphatic hydroxyl groups excluding tert-OH is 1. The summed E-state index contributed by atoms with van der Waals surface area (Å²) >= 11 is 0. The van der Waals surface area contributed by atoms with Crippen molar-refractivity contribution >= 4 is 35.1 Å². The Morgan fingerprint density at radius 2 is 1.27 bits per heavy atom. The van der Waals surface area contributed by atoms with Crippen LogP contribution in [0.1, 0.15) is 22.3 Å². The van der Waals surface area contributed by atoms with E-state index in [0.29, 0.717) is 0 Å². The Bertz CT molecular complexity index is 1160. The Morgan fingerprint density at radius 3 is 1.93 bits per heavy atom. The molecule has 2 heteroatoms. The van der Waals surface area contributed by atoms with E-state index in [1.165, 1.54) is 0 Å². The molecule has 2 nitrogen and oxygen atoms in total. The molecule has 0 atom stereocenters. The van der Waals surface area contributed by atoms with Crippen molar-refractivity contribution in [3.8, 4) is 5.75 Å². The minimum atomic E-state index is -0.0275. The van der Waals surface area contributed by atoms with Crippen molar-refractivity contribution in [2.45, 2.75) is 0 Å². The van der Waals surface area contributed by atoms with E-state index < -0.39 is 0 Å². The first-order valence-electron chi connectivity index (χ1n) is 10.1. The quantitative estimate of drug-likeness (QED) is 0.361. The first-order chi connectivity index (χ1) is 14.8. The fraction of sp³-hybridized carbons (Fsp3) is 0.0714. The highest BCUT2D eigenvalue weighted by Gasteiger charge is 2.12. The maximum Gasteiger partial charge on any atom is 0.135 e. The average Bonchev–Trinajstić information content (AvgIpc) is 2.81. The van der Waals surface area contributed by atoms with Gasteiger partial charge in [-0.3, -0.25) is 0 Å². The highest BCUT2D eigenvalue weighted by Crippen LogP contribution is 2.35. The van der Waals surface area contributed by atoms with Crippen LogP contribution >= 0.6 is 0 Å². The second-order valence-electron chi connectivity index (χ2n) is 6.99. The normalized spacial score (nSPS) is 11.5. The van der Waals surface area contributed by atoms with Gasteiger partial charge in [0.15, 0.2) is 0 Å². The second kappa shape index (κ2) is 9.73. The lowest BCUT2D eigenvalue weighted by Crippen LogP contribution is -2.04. The lowest BCUT2D eigenvalue weighted by Gasteiger charge is -2.15. The number of rotatable bonds is 7. The number of ether oxygens (including phenoxy) is 1. The third kappa shape index (κ3) is 4.68. The molecule has 0 amide bonds. The molecule has 0 saturated heterocycles. The lowest BCUT2D eigenvalue weighted by molar-refractivity contribution is 0.202. The Morgan fingerprint density at radius 1 is 0.667 bits per heavy atom. The predicted octanol–water partition coefficient (Wildman–Crippen LogP) is 6.55. The number of aliphatic hydroxyl groups is 1. The van der Waals surface area contributed by atoms with Gasteiger partial charge in [-0.15, -0.1) is 0 Å². The molecule has 0 aliphatic rings. The summed E-state index contributed by atoms with van der Waals surface area (Å²) in [6.45, 7) is 0.224. The largest absolute Gasteiger partial charge is 0.490 e. The molecule has 0 fully saturated rings. The van der Waals surface area contributed by atoms with E-state index in [1.54, 1.807) is 0 Å². The van der Waals surface area contributed by atoms with Crippen molar-refractivity contribution in [1.82, 2.24) is 0 Å². The summed E-state index contributed by atoms with van der Waals surface area (Å²) in [5.41, 5.74) is 4.33. The Kier molecular flexibility index (Phi) is 6.38. The van der Waals surface area contributed by atoms with Crippen molar-refractivity contribution in [1.29, 1.82) is 0 Å². The van der Waals surface area contributed by atoms with Gasteiger partial charge in [0.1, 0.15) is 12.4 Å². The maximum absolute atomic E-state index is 9.36. The monoisotopic (exact) mass is 392 g/mol. The van der Waals surface area contributed by atoms with Crippen LogP contribution in [-0.4, -0.2) is 18.3 Å². The molecule has 0 heterocycles. The van der Waals surface area contributed by atoms with Crippen LogP contribution in [0.5, 0.6) is 5.75 Å². The second-order valence-corrected chi connectivity index (χ2v) is 6.99. The zero-order chi connectivity index (χ0) is 20.6. The SMILES string of the molecule is OCCOc1c(C=Cc2ccccc2)c(C=Cc2ccccc2)cc2ccccc12. The molecular weight excluding hydrogens is 368 g/mol. The van der Waals surface area contributed by atoms with Crippen molar-refractivity contribution in [2.24, 2.45) is 0 Å². The fourth-order valence-electron chi connectivity index (χ4n) is 3.46. The molecule has 4 aromatic carbocycles. The zero-order valence-corrected chi connectivity index (χ0v) is 16.7.